The van der Waals surface area contributed by atoms with Gasteiger partial charge in [0.25, 0.3) is 5.56 Å². The minimum Gasteiger partial charge on any atom is -0.355 e. The van der Waals surface area contributed by atoms with E-state index in [2.05, 4.69) is 5.32 Å². The quantitative estimate of drug-likeness (QED) is 0.645. The molecule has 18 heavy (non-hydrogen) atoms. The van der Waals surface area contributed by atoms with Crippen LogP contribution in [-0.2, 0) is 17.9 Å². The van der Waals surface area contributed by atoms with E-state index in [1.54, 1.807) is 6.92 Å². The fraction of sp³-hybridized carbons (Fsp3) is 0.545. The van der Waals surface area contributed by atoms with Crippen LogP contribution in [0.2, 0.25) is 0 Å². The molecule has 0 bridgehead atoms. The van der Waals surface area contributed by atoms with Gasteiger partial charge >= 0.3 is 5.69 Å². The number of hydrogen-bond acceptors (Lipinski definition) is 4. The summed E-state index contributed by atoms with van der Waals surface area (Å²) in [6, 6.07) is 1.27. The van der Waals surface area contributed by atoms with Crippen molar-refractivity contribution in [3.8, 4) is 0 Å². The highest BCUT2D eigenvalue weighted by Crippen LogP contribution is 1.83. The molecular weight excluding hydrogens is 236 g/mol. The molecule has 0 fully saturated rings. The van der Waals surface area contributed by atoms with Gasteiger partial charge < -0.3 is 11.1 Å². The predicted octanol–water partition coefficient (Wildman–Crippen LogP) is -1.51. The number of likely N-dealkylation sites (N-methyl/N-ethyl adjacent to an activating group) is 1. The number of carbonyl (C=O) groups excluding carboxylic acids is 1. The highest BCUT2D eigenvalue weighted by atomic mass is 16.2. The van der Waals surface area contributed by atoms with Gasteiger partial charge in [0, 0.05) is 25.4 Å². The van der Waals surface area contributed by atoms with Crippen LogP contribution in [0, 0.1) is 0 Å². The van der Waals surface area contributed by atoms with E-state index in [4.69, 9.17) is 5.73 Å². The molecule has 1 aromatic rings. The lowest BCUT2D eigenvalue weighted by Gasteiger charge is -2.09. The Hall–Kier alpha value is -1.89. The lowest BCUT2D eigenvalue weighted by Crippen LogP contribution is -2.41. The van der Waals surface area contributed by atoms with E-state index in [9.17, 15) is 14.4 Å². The lowest BCUT2D eigenvalue weighted by molar-refractivity contribution is -0.121. The maximum absolute atomic E-state index is 11.9. The molecule has 0 aliphatic carbocycles. The van der Waals surface area contributed by atoms with Crippen molar-refractivity contribution in [2.24, 2.45) is 5.73 Å². The normalized spacial score (nSPS) is 10.3. The van der Waals surface area contributed by atoms with Gasteiger partial charge in [0.15, 0.2) is 0 Å². The molecule has 0 saturated heterocycles. The van der Waals surface area contributed by atoms with Crippen molar-refractivity contribution >= 4 is 5.91 Å². The van der Waals surface area contributed by atoms with Crippen LogP contribution < -0.4 is 22.3 Å². The summed E-state index contributed by atoms with van der Waals surface area (Å²) in [5.74, 6) is -0.261. The molecule has 0 aromatic carbocycles. The van der Waals surface area contributed by atoms with Crippen LogP contribution in [0.1, 0.15) is 13.3 Å². The molecule has 0 atom stereocenters. The van der Waals surface area contributed by atoms with Gasteiger partial charge in [-0.25, -0.2) is 4.79 Å². The Labute approximate surface area is 104 Å². The molecule has 1 amide bonds. The zero-order valence-corrected chi connectivity index (χ0v) is 10.4. The van der Waals surface area contributed by atoms with Crippen molar-refractivity contribution in [3.05, 3.63) is 33.1 Å². The molecule has 3 N–H and O–H groups in total. The Morgan fingerprint density at radius 2 is 2.17 bits per heavy atom. The Kier molecular flexibility index (Phi) is 5.31. The molecule has 0 radical (unpaired) electrons. The van der Waals surface area contributed by atoms with Crippen LogP contribution in [0.25, 0.3) is 0 Å². The van der Waals surface area contributed by atoms with E-state index < -0.39 is 5.69 Å². The number of carbonyl (C=O) groups is 1. The monoisotopic (exact) mass is 254 g/mol. The first kappa shape index (κ1) is 14.2. The summed E-state index contributed by atoms with van der Waals surface area (Å²) in [6.07, 6.45) is 1.87. The summed E-state index contributed by atoms with van der Waals surface area (Å²) in [5, 5.41) is 2.59. The van der Waals surface area contributed by atoms with Crippen LogP contribution in [0.3, 0.4) is 0 Å². The molecule has 1 aromatic heterocycles. The number of nitrogens with two attached hydrogens (primary N) is 1. The second-order valence-electron chi connectivity index (χ2n) is 3.81. The molecule has 7 heteroatoms. The smallest absolute Gasteiger partial charge is 0.331 e. The largest absolute Gasteiger partial charge is 0.355 e. The Morgan fingerprint density at radius 3 is 2.78 bits per heavy atom. The Morgan fingerprint density at radius 1 is 1.44 bits per heavy atom. The van der Waals surface area contributed by atoms with E-state index in [1.165, 1.54) is 16.8 Å². The first-order chi connectivity index (χ1) is 8.60. The summed E-state index contributed by atoms with van der Waals surface area (Å²) in [6.45, 7) is 2.88. The first-order valence-corrected chi connectivity index (χ1v) is 5.87. The van der Waals surface area contributed by atoms with E-state index in [-0.39, 0.29) is 24.6 Å². The molecule has 0 spiro atoms. The van der Waals surface area contributed by atoms with E-state index in [0.29, 0.717) is 19.5 Å². The summed E-state index contributed by atoms with van der Waals surface area (Å²) in [4.78, 5) is 34.9. The minimum atomic E-state index is -0.484. The number of nitrogens with one attached hydrogen (secondary N) is 1. The van der Waals surface area contributed by atoms with Crippen LogP contribution >= 0.6 is 0 Å². The van der Waals surface area contributed by atoms with Crippen LogP contribution in [0.5, 0.6) is 0 Å². The average Bonchev–Trinajstić information content (AvgIpc) is 2.33. The molecular formula is C11H18N4O3. The highest BCUT2D eigenvalue weighted by Gasteiger charge is 2.07. The predicted molar refractivity (Wildman–Crippen MR) is 67.3 cm³/mol. The molecule has 1 heterocycles. The zero-order chi connectivity index (χ0) is 13.5. The first-order valence-electron chi connectivity index (χ1n) is 5.87. The van der Waals surface area contributed by atoms with Gasteiger partial charge in [0.05, 0.1) is 0 Å². The topological polar surface area (TPSA) is 99.1 Å². The second-order valence-corrected chi connectivity index (χ2v) is 3.81. The molecule has 100 valence electrons. The van der Waals surface area contributed by atoms with Crippen molar-refractivity contribution in [2.45, 2.75) is 26.4 Å². The minimum absolute atomic E-state index is 0.0877. The average molecular weight is 254 g/mol. The standard InChI is InChI=1S/C11H18N4O3/c1-2-13-9(16)8-14-7-4-10(17)15(11(14)18)6-3-5-12/h4,7H,2-3,5-6,8,12H2,1H3,(H,13,16). The van der Waals surface area contributed by atoms with E-state index in [0.717, 1.165) is 4.57 Å². The number of hydrogen-bond donors (Lipinski definition) is 2. The number of rotatable bonds is 6. The number of nitrogens with zero attached hydrogens (tertiary/aromatic N) is 2. The van der Waals surface area contributed by atoms with Crippen molar-refractivity contribution < 1.29 is 4.79 Å². The SMILES string of the molecule is CCNC(=O)Cn1ccc(=O)n(CCCN)c1=O. The van der Waals surface area contributed by atoms with Crippen molar-refractivity contribution in [1.29, 1.82) is 0 Å². The summed E-state index contributed by atoms with van der Waals surface area (Å²) < 4.78 is 2.30. The van der Waals surface area contributed by atoms with Crippen molar-refractivity contribution in [1.82, 2.24) is 14.5 Å². The van der Waals surface area contributed by atoms with E-state index >= 15 is 0 Å². The van der Waals surface area contributed by atoms with Gasteiger partial charge in [-0.3, -0.25) is 18.7 Å². The van der Waals surface area contributed by atoms with Crippen LogP contribution in [0.4, 0.5) is 0 Å². The summed E-state index contributed by atoms with van der Waals surface area (Å²) >= 11 is 0. The molecule has 7 nitrogen and oxygen atoms in total. The van der Waals surface area contributed by atoms with E-state index in [1.807, 2.05) is 0 Å². The summed E-state index contributed by atoms with van der Waals surface area (Å²) in [7, 11) is 0. The van der Waals surface area contributed by atoms with Crippen molar-refractivity contribution in [2.75, 3.05) is 13.1 Å². The van der Waals surface area contributed by atoms with Crippen LogP contribution in [-0.4, -0.2) is 28.1 Å². The zero-order valence-electron chi connectivity index (χ0n) is 10.4. The maximum atomic E-state index is 11.9. The van der Waals surface area contributed by atoms with Gasteiger partial charge in [-0.1, -0.05) is 0 Å². The maximum Gasteiger partial charge on any atom is 0.331 e. The van der Waals surface area contributed by atoms with Gasteiger partial charge in [0.1, 0.15) is 6.54 Å². The van der Waals surface area contributed by atoms with Gasteiger partial charge in [-0.05, 0) is 19.9 Å². The third-order valence-electron chi connectivity index (χ3n) is 2.41. The Balaban J connectivity index is 2.97. The Bertz CT molecular complexity index is 518. The molecule has 1 rings (SSSR count). The molecule has 0 aliphatic heterocycles. The molecule has 0 unspecified atom stereocenters. The summed E-state index contributed by atoms with van der Waals surface area (Å²) in [5.41, 5.74) is 4.49. The molecule has 0 saturated carbocycles. The van der Waals surface area contributed by atoms with Gasteiger partial charge in [-0.15, -0.1) is 0 Å². The number of amides is 1. The second kappa shape index (κ2) is 6.75. The lowest BCUT2D eigenvalue weighted by atomic mass is 10.4. The van der Waals surface area contributed by atoms with Gasteiger partial charge in [0.2, 0.25) is 5.91 Å². The van der Waals surface area contributed by atoms with Crippen LogP contribution in [0.15, 0.2) is 21.9 Å². The third kappa shape index (κ3) is 3.56. The fourth-order valence-electron chi connectivity index (χ4n) is 1.54. The molecule has 0 aliphatic rings. The highest BCUT2D eigenvalue weighted by molar-refractivity contribution is 5.75. The number of aromatic nitrogens is 2. The van der Waals surface area contributed by atoms with Crippen molar-refractivity contribution in [3.63, 3.8) is 0 Å². The fourth-order valence-corrected chi connectivity index (χ4v) is 1.54. The van der Waals surface area contributed by atoms with Gasteiger partial charge in [-0.2, -0.15) is 0 Å². The third-order valence-corrected chi connectivity index (χ3v) is 2.41.